The van der Waals surface area contributed by atoms with Crippen LogP contribution in [0.25, 0.3) is 0 Å². The molecule has 2 aromatic rings. The number of amides is 3. The molecule has 0 saturated carbocycles. The predicted molar refractivity (Wildman–Crippen MR) is 120 cm³/mol. The molecule has 1 N–H and O–H groups in total. The smallest absolute Gasteiger partial charge is 0.318 e. The van der Waals surface area contributed by atoms with Gasteiger partial charge in [0.05, 0.1) is 6.04 Å². The molecular formula is C23H31ClN4O2. The predicted octanol–water partition coefficient (Wildman–Crippen LogP) is 4.15. The average molecular weight is 431 g/mol. The van der Waals surface area contributed by atoms with Gasteiger partial charge in [0.2, 0.25) is 5.91 Å². The highest BCUT2D eigenvalue weighted by atomic mass is 35.5. The first-order valence-corrected chi connectivity index (χ1v) is 10.9. The van der Waals surface area contributed by atoms with E-state index in [2.05, 4.69) is 9.88 Å². The molecule has 0 aliphatic carbocycles. The number of nitrogens with zero attached hydrogens (tertiary/aromatic N) is 3. The van der Waals surface area contributed by atoms with Crippen molar-refractivity contribution in [2.24, 2.45) is 5.92 Å². The molecule has 1 aliphatic heterocycles. The molecule has 3 amide bonds. The van der Waals surface area contributed by atoms with Crippen LogP contribution in [0.4, 0.5) is 4.79 Å². The van der Waals surface area contributed by atoms with E-state index in [0.717, 1.165) is 17.8 Å². The Morgan fingerprint density at radius 3 is 2.60 bits per heavy atom. The number of urea groups is 1. The highest BCUT2D eigenvalue weighted by molar-refractivity contribution is 6.30. The Balaban J connectivity index is 1.87. The van der Waals surface area contributed by atoms with Crippen molar-refractivity contribution in [2.75, 3.05) is 19.6 Å². The van der Waals surface area contributed by atoms with Crippen molar-refractivity contribution in [1.29, 1.82) is 0 Å². The lowest BCUT2D eigenvalue weighted by Gasteiger charge is -2.38. The zero-order valence-corrected chi connectivity index (χ0v) is 18.9. The van der Waals surface area contributed by atoms with Crippen LogP contribution >= 0.6 is 11.6 Å². The van der Waals surface area contributed by atoms with Gasteiger partial charge in [0.25, 0.3) is 0 Å². The van der Waals surface area contributed by atoms with E-state index in [1.54, 1.807) is 4.90 Å². The van der Waals surface area contributed by atoms with Crippen molar-refractivity contribution in [3.05, 3.63) is 58.9 Å². The van der Waals surface area contributed by atoms with E-state index >= 15 is 0 Å². The van der Waals surface area contributed by atoms with Gasteiger partial charge in [0, 0.05) is 42.6 Å². The molecule has 2 heterocycles. The summed E-state index contributed by atoms with van der Waals surface area (Å²) in [6, 6.07) is 11.3. The second-order valence-electron chi connectivity index (χ2n) is 8.55. The number of aromatic nitrogens is 1. The third-order valence-electron chi connectivity index (χ3n) is 5.13. The molecule has 3 rings (SSSR count). The molecule has 6 nitrogen and oxygen atoms in total. The molecule has 30 heavy (non-hydrogen) atoms. The summed E-state index contributed by atoms with van der Waals surface area (Å²) in [4.78, 5) is 29.6. The van der Waals surface area contributed by atoms with Gasteiger partial charge in [0.1, 0.15) is 6.54 Å². The van der Waals surface area contributed by atoms with Crippen molar-refractivity contribution >= 4 is 23.5 Å². The molecule has 1 unspecified atom stereocenters. The fourth-order valence-electron chi connectivity index (χ4n) is 3.93. The van der Waals surface area contributed by atoms with Gasteiger partial charge < -0.3 is 19.7 Å². The Morgan fingerprint density at radius 2 is 1.93 bits per heavy atom. The maximum absolute atomic E-state index is 13.4. The average Bonchev–Trinajstić information content (AvgIpc) is 3.14. The van der Waals surface area contributed by atoms with Gasteiger partial charge >= 0.3 is 6.03 Å². The monoisotopic (exact) mass is 430 g/mol. The molecule has 0 saturated heterocycles. The van der Waals surface area contributed by atoms with Gasteiger partial charge in [-0.1, -0.05) is 37.6 Å². The van der Waals surface area contributed by atoms with Crippen molar-refractivity contribution in [2.45, 2.75) is 46.3 Å². The maximum atomic E-state index is 13.4. The number of carbonyl (C=O) groups is 2. The zero-order valence-electron chi connectivity index (χ0n) is 18.1. The van der Waals surface area contributed by atoms with Gasteiger partial charge in [-0.3, -0.25) is 4.79 Å². The molecule has 0 spiro atoms. The summed E-state index contributed by atoms with van der Waals surface area (Å²) in [6.07, 6.45) is 2.04. The Kier molecular flexibility index (Phi) is 7.08. The van der Waals surface area contributed by atoms with E-state index in [0.29, 0.717) is 18.1 Å². The Hall–Kier alpha value is -2.47. The Bertz CT molecular complexity index is 893. The van der Waals surface area contributed by atoms with Crippen molar-refractivity contribution in [3.8, 4) is 0 Å². The number of hydrogen-bond donors (Lipinski definition) is 1. The highest BCUT2D eigenvalue weighted by Gasteiger charge is 2.33. The van der Waals surface area contributed by atoms with Crippen molar-refractivity contribution in [3.63, 3.8) is 0 Å². The quantitative estimate of drug-likeness (QED) is 0.748. The number of halogens is 1. The largest absolute Gasteiger partial charge is 0.348 e. The van der Waals surface area contributed by atoms with Crippen LogP contribution in [0.3, 0.4) is 0 Å². The molecule has 7 heteroatoms. The second-order valence-corrected chi connectivity index (χ2v) is 8.99. The van der Waals surface area contributed by atoms with Crippen LogP contribution in [0.2, 0.25) is 5.02 Å². The standard InChI is InChI=1S/C23H31ClN4O2/c1-16(2)14-27(23(30)25-17(3)4)15-21(29)28-12-11-26-10-6-9-20(26)22(28)18-7-5-8-19(24)13-18/h5-10,13,16-17,22H,11-12,14-15H2,1-4H3,(H,25,30). The van der Waals surface area contributed by atoms with E-state index < -0.39 is 0 Å². The molecule has 1 aliphatic rings. The van der Waals surface area contributed by atoms with E-state index in [-0.39, 0.29) is 36.5 Å². The molecule has 162 valence electrons. The molecule has 1 atom stereocenters. The summed E-state index contributed by atoms with van der Waals surface area (Å²) in [6.45, 7) is 9.81. The lowest BCUT2D eigenvalue weighted by molar-refractivity contribution is -0.134. The third-order valence-corrected chi connectivity index (χ3v) is 5.37. The first-order chi connectivity index (χ1) is 14.3. The number of benzene rings is 1. The first-order valence-electron chi connectivity index (χ1n) is 10.5. The highest BCUT2D eigenvalue weighted by Crippen LogP contribution is 2.33. The normalized spacial score (nSPS) is 16.0. The van der Waals surface area contributed by atoms with Gasteiger partial charge in [-0.15, -0.1) is 0 Å². The Labute approximate surface area is 183 Å². The van der Waals surface area contributed by atoms with Crippen LogP contribution in [0, 0.1) is 5.92 Å². The lowest BCUT2D eigenvalue weighted by atomic mass is 9.99. The third kappa shape index (κ3) is 5.17. The van der Waals surface area contributed by atoms with Crippen LogP contribution in [0.15, 0.2) is 42.6 Å². The SMILES string of the molecule is CC(C)CN(CC(=O)N1CCn2cccc2C1c1cccc(Cl)c1)C(=O)NC(C)C. The lowest BCUT2D eigenvalue weighted by Crippen LogP contribution is -2.51. The molecule has 0 radical (unpaired) electrons. The zero-order chi connectivity index (χ0) is 21.8. The Morgan fingerprint density at radius 1 is 1.17 bits per heavy atom. The maximum Gasteiger partial charge on any atom is 0.318 e. The van der Waals surface area contributed by atoms with Gasteiger partial charge in [0.15, 0.2) is 0 Å². The molecule has 0 bridgehead atoms. The minimum atomic E-state index is -0.228. The fourth-order valence-corrected chi connectivity index (χ4v) is 4.13. The number of fused-ring (bicyclic) bond motifs is 1. The minimum absolute atomic E-state index is 0.0136. The van der Waals surface area contributed by atoms with Crippen molar-refractivity contribution in [1.82, 2.24) is 19.7 Å². The number of nitrogens with one attached hydrogen (secondary N) is 1. The first kappa shape index (κ1) is 22.2. The molecule has 1 aromatic heterocycles. The number of rotatable bonds is 6. The summed E-state index contributed by atoms with van der Waals surface area (Å²) in [5.41, 5.74) is 2.02. The van der Waals surface area contributed by atoms with Gasteiger partial charge in [-0.2, -0.15) is 0 Å². The summed E-state index contributed by atoms with van der Waals surface area (Å²) in [5, 5.41) is 3.55. The number of hydrogen-bond acceptors (Lipinski definition) is 2. The van der Waals surface area contributed by atoms with E-state index in [9.17, 15) is 9.59 Å². The fraction of sp³-hybridized carbons (Fsp3) is 0.478. The molecular weight excluding hydrogens is 400 g/mol. The summed E-state index contributed by atoms with van der Waals surface area (Å²) < 4.78 is 2.17. The minimum Gasteiger partial charge on any atom is -0.348 e. The number of carbonyl (C=O) groups excluding carboxylic acids is 2. The van der Waals surface area contributed by atoms with Crippen LogP contribution < -0.4 is 5.32 Å². The van der Waals surface area contributed by atoms with E-state index in [4.69, 9.17) is 11.6 Å². The van der Waals surface area contributed by atoms with Crippen LogP contribution in [-0.2, 0) is 11.3 Å². The second kappa shape index (κ2) is 9.56. The summed E-state index contributed by atoms with van der Waals surface area (Å²) in [5.74, 6) is 0.199. The van der Waals surface area contributed by atoms with Crippen LogP contribution in [0.1, 0.15) is 45.0 Å². The summed E-state index contributed by atoms with van der Waals surface area (Å²) in [7, 11) is 0. The van der Waals surface area contributed by atoms with Gasteiger partial charge in [-0.25, -0.2) is 4.79 Å². The molecule has 1 aromatic carbocycles. The summed E-state index contributed by atoms with van der Waals surface area (Å²) >= 11 is 6.25. The van der Waals surface area contributed by atoms with Crippen LogP contribution in [-0.4, -0.2) is 52.0 Å². The van der Waals surface area contributed by atoms with E-state index in [1.165, 1.54) is 0 Å². The van der Waals surface area contributed by atoms with Crippen LogP contribution in [0.5, 0.6) is 0 Å². The topological polar surface area (TPSA) is 57.6 Å². The molecule has 0 fully saturated rings. The van der Waals surface area contributed by atoms with Gasteiger partial charge in [-0.05, 0) is 49.6 Å². The van der Waals surface area contributed by atoms with Crippen molar-refractivity contribution < 1.29 is 9.59 Å². The van der Waals surface area contributed by atoms with E-state index in [1.807, 2.05) is 75.2 Å².